The minimum atomic E-state index is -5.21. The summed E-state index contributed by atoms with van der Waals surface area (Å²) in [5.74, 6) is -1.58. The Bertz CT molecular complexity index is 587. The molecule has 0 aliphatic rings. The van der Waals surface area contributed by atoms with Gasteiger partial charge in [0.15, 0.2) is 0 Å². The molecular weight excluding hydrogens is 310 g/mol. The molecule has 0 heterocycles. The first-order chi connectivity index (χ1) is 10.9. The van der Waals surface area contributed by atoms with E-state index in [1.807, 2.05) is 0 Å². The van der Waals surface area contributed by atoms with E-state index >= 15 is 0 Å². The zero-order valence-corrected chi connectivity index (χ0v) is 12.1. The largest absolute Gasteiger partial charge is 0.428 e. The Morgan fingerprint density at radius 1 is 0.870 bits per heavy atom. The first kappa shape index (κ1) is 17.0. The molecule has 0 N–H and O–H groups in total. The Kier molecular flexibility index (Phi) is 5.36. The van der Waals surface area contributed by atoms with E-state index in [1.165, 1.54) is 0 Å². The summed E-state index contributed by atoms with van der Waals surface area (Å²) in [5.41, 5.74) is 1.26. The van der Waals surface area contributed by atoms with Crippen molar-refractivity contribution in [3.63, 3.8) is 0 Å². The van der Waals surface area contributed by atoms with Crippen molar-refractivity contribution < 1.29 is 22.4 Å². The van der Waals surface area contributed by atoms with Gasteiger partial charge < -0.3 is 4.90 Å². The van der Waals surface area contributed by atoms with Crippen LogP contribution in [0.4, 0.5) is 17.6 Å². The van der Waals surface area contributed by atoms with Crippen molar-refractivity contribution in [3.05, 3.63) is 71.8 Å². The molecule has 1 atom stereocenters. The molecule has 0 bridgehead atoms. The minimum Gasteiger partial charge on any atom is -0.331 e. The van der Waals surface area contributed by atoms with Crippen LogP contribution in [0.15, 0.2) is 60.7 Å². The van der Waals surface area contributed by atoms with Gasteiger partial charge in [-0.3, -0.25) is 4.79 Å². The zero-order chi connectivity index (χ0) is 16.9. The second-order valence-corrected chi connectivity index (χ2v) is 5.07. The third kappa shape index (κ3) is 4.81. The first-order valence-electron chi connectivity index (χ1n) is 6.95. The fraction of sp³-hybridized carbons (Fsp3) is 0.235. The summed E-state index contributed by atoms with van der Waals surface area (Å²) in [5, 5.41) is 0. The van der Waals surface area contributed by atoms with Crippen molar-refractivity contribution in [1.82, 2.24) is 4.90 Å². The van der Waals surface area contributed by atoms with Crippen molar-refractivity contribution >= 4 is 5.91 Å². The van der Waals surface area contributed by atoms with Gasteiger partial charge in [-0.05, 0) is 11.1 Å². The number of rotatable bonds is 5. The maximum atomic E-state index is 13.4. The quantitative estimate of drug-likeness (QED) is 0.758. The van der Waals surface area contributed by atoms with Gasteiger partial charge in [-0.2, -0.15) is 13.2 Å². The van der Waals surface area contributed by atoms with Crippen LogP contribution < -0.4 is 0 Å². The van der Waals surface area contributed by atoms with E-state index in [0.717, 1.165) is 4.90 Å². The van der Waals surface area contributed by atoms with Crippen LogP contribution >= 0.6 is 0 Å². The summed E-state index contributed by atoms with van der Waals surface area (Å²) in [6.45, 7) is -0.184. The average Bonchev–Trinajstić information content (AvgIpc) is 2.54. The van der Waals surface area contributed by atoms with Gasteiger partial charge in [-0.15, -0.1) is 0 Å². The number of nitrogens with zero attached hydrogens (tertiary/aromatic N) is 1. The van der Waals surface area contributed by atoms with Gasteiger partial charge in [0, 0.05) is 13.1 Å². The second kappa shape index (κ2) is 7.26. The molecular formula is C17H15F4NO. The topological polar surface area (TPSA) is 20.3 Å². The lowest BCUT2D eigenvalue weighted by atomic mass is 10.1. The lowest BCUT2D eigenvalue weighted by Crippen LogP contribution is -2.43. The highest BCUT2D eigenvalue weighted by molar-refractivity contribution is 5.81. The normalized spacial score (nSPS) is 12.7. The lowest BCUT2D eigenvalue weighted by molar-refractivity contribution is -0.193. The number of hydrogen-bond acceptors (Lipinski definition) is 1. The van der Waals surface area contributed by atoms with E-state index in [2.05, 4.69) is 0 Å². The van der Waals surface area contributed by atoms with E-state index in [4.69, 9.17) is 0 Å². The SMILES string of the molecule is O=C(C(F)C(F)(F)F)N(Cc1ccccc1)Cc1ccccc1. The molecule has 0 aliphatic carbocycles. The maximum absolute atomic E-state index is 13.4. The number of amides is 1. The molecule has 2 aromatic rings. The third-order valence-corrected chi connectivity index (χ3v) is 3.25. The molecule has 2 rings (SSSR count). The lowest BCUT2D eigenvalue weighted by Gasteiger charge is -2.25. The fourth-order valence-corrected chi connectivity index (χ4v) is 2.12. The van der Waals surface area contributed by atoms with Crippen molar-refractivity contribution in [2.45, 2.75) is 25.4 Å². The third-order valence-electron chi connectivity index (χ3n) is 3.25. The molecule has 1 amide bonds. The Hall–Kier alpha value is -2.37. The van der Waals surface area contributed by atoms with Gasteiger partial charge in [0.25, 0.3) is 12.1 Å². The van der Waals surface area contributed by atoms with Crippen molar-refractivity contribution in [2.24, 2.45) is 0 Å². The Morgan fingerprint density at radius 2 is 1.26 bits per heavy atom. The summed E-state index contributed by atoms with van der Waals surface area (Å²) in [6.07, 6.45) is -8.72. The van der Waals surface area contributed by atoms with E-state index in [0.29, 0.717) is 11.1 Å². The standard InChI is InChI=1S/C17H15F4NO/c18-15(17(19,20)21)16(23)22(11-13-7-3-1-4-8-13)12-14-9-5-2-6-10-14/h1-10,15H,11-12H2. The van der Waals surface area contributed by atoms with Crippen LogP contribution in [0.3, 0.4) is 0 Å². The summed E-state index contributed by atoms with van der Waals surface area (Å²) < 4.78 is 51.0. The molecule has 0 saturated heterocycles. The maximum Gasteiger partial charge on any atom is 0.428 e. The van der Waals surface area contributed by atoms with Crippen molar-refractivity contribution in [2.75, 3.05) is 0 Å². The highest BCUT2D eigenvalue weighted by atomic mass is 19.4. The van der Waals surface area contributed by atoms with Crippen LogP contribution in [0.1, 0.15) is 11.1 Å². The highest BCUT2D eigenvalue weighted by Crippen LogP contribution is 2.25. The summed E-state index contributed by atoms with van der Waals surface area (Å²) in [4.78, 5) is 12.8. The molecule has 23 heavy (non-hydrogen) atoms. The molecule has 0 radical (unpaired) electrons. The van der Waals surface area contributed by atoms with Crippen LogP contribution in [0.5, 0.6) is 0 Å². The van der Waals surface area contributed by atoms with Gasteiger partial charge in [0.2, 0.25) is 0 Å². The Balaban J connectivity index is 2.22. The molecule has 0 fully saturated rings. The monoisotopic (exact) mass is 325 g/mol. The number of benzene rings is 2. The Labute approximate surface area is 131 Å². The average molecular weight is 325 g/mol. The number of alkyl halides is 4. The van der Waals surface area contributed by atoms with Gasteiger partial charge in [0.05, 0.1) is 0 Å². The van der Waals surface area contributed by atoms with Gasteiger partial charge >= 0.3 is 6.18 Å². The predicted molar refractivity (Wildman–Crippen MR) is 78.1 cm³/mol. The van der Waals surface area contributed by atoms with E-state index in [9.17, 15) is 22.4 Å². The van der Waals surface area contributed by atoms with Crippen LogP contribution in [0.25, 0.3) is 0 Å². The first-order valence-corrected chi connectivity index (χ1v) is 6.95. The minimum absolute atomic E-state index is 0.0922. The van der Waals surface area contributed by atoms with Crippen LogP contribution in [0.2, 0.25) is 0 Å². The number of carbonyl (C=O) groups excluding carboxylic acids is 1. The molecule has 0 aromatic heterocycles. The van der Waals surface area contributed by atoms with E-state index in [-0.39, 0.29) is 13.1 Å². The summed E-state index contributed by atoms with van der Waals surface area (Å²) >= 11 is 0. The molecule has 1 unspecified atom stereocenters. The molecule has 2 nitrogen and oxygen atoms in total. The van der Waals surface area contributed by atoms with E-state index in [1.54, 1.807) is 60.7 Å². The van der Waals surface area contributed by atoms with Gasteiger partial charge in [-0.25, -0.2) is 4.39 Å². The smallest absolute Gasteiger partial charge is 0.331 e. The van der Waals surface area contributed by atoms with Crippen LogP contribution in [0, 0.1) is 0 Å². The molecule has 0 spiro atoms. The van der Waals surface area contributed by atoms with Gasteiger partial charge in [0.1, 0.15) is 0 Å². The molecule has 6 heteroatoms. The molecule has 2 aromatic carbocycles. The number of carbonyl (C=O) groups is 1. The van der Waals surface area contributed by atoms with Crippen molar-refractivity contribution in [1.29, 1.82) is 0 Å². The molecule has 0 saturated carbocycles. The second-order valence-electron chi connectivity index (χ2n) is 5.07. The summed E-state index contributed by atoms with van der Waals surface area (Å²) in [7, 11) is 0. The van der Waals surface area contributed by atoms with Crippen LogP contribution in [-0.4, -0.2) is 23.2 Å². The number of halogens is 4. The van der Waals surface area contributed by atoms with Gasteiger partial charge in [-0.1, -0.05) is 60.7 Å². The zero-order valence-electron chi connectivity index (χ0n) is 12.1. The van der Waals surface area contributed by atoms with E-state index < -0.39 is 18.3 Å². The Morgan fingerprint density at radius 3 is 1.61 bits per heavy atom. The van der Waals surface area contributed by atoms with Crippen molar-refractivity contribution in [3.8, 4) is 0 Å². The molecule has 0 aliphatic heterocycles. The number of hydrogen-bond donors (Lipinski definition) is 0. The predicted octanol–water partition coefficient (Wildman–Crippen LogP) is 4.12. The highest BCUT2D eigenvalue weighted by Gasteiger charge is 2.47. The van der Waals surface area contributed by atoms with Crippen LogP contribution in [-0.2, 0) is 17.9 Å². The fourth-order valence-electron chi connectivity index (χ4n) is 2.12. The molecule has 122 valence electrons. The summed E-state index contributed by atoms with van der Waals surface area (Å²) in [6, 6.07) is 17.0.